The van der Waals surface area contributed by atoms with Crippen LogP contribution in [0.3, 0.4) is 0 Å². The number of aromatic nitrogens is 3. The third-order valence-corrected chi connectivity index (χ3v) is 5.56. The highest BCUT2D eigenvalue weighted by Gasteiger charge is 2.40. The summed E-state index contributed by atoms with van der Waals surface area (Å²) >= 11 is 0. The van der Waals surface area contributed by atoms with Gasteiger partial charge >= 0.3 is 0 Å². The van der Waals surface area contributed by atoms with Gasteiger partial charge in [0.25, 0.3) is 5.56 Å². The Bertz CT molecular complexity index is 1220. The highest BCUT2D eigenvalue weighted by molar-refractivity contribution is 6.04. The van der Waals surface area contributed by atoms with E-state index in [0.29, 0.717) is 29.6 Å². The van der Waals surface area contributed by atoms with Crippen molar-refractivity contribution in [1.29, 1.82) is 0 Å². The Labute approximate surface area is 172 Å². The molecule has 1 N–H and O–H groups in total. The van der Waals surface area contributed by atoms with Crippen LogP contribution in [-0.2, 0) is 16.8 Å². The number of hydrogen-bond donors (Lipinski definition) is 1. The van der Waals surface area contributed by atoms with Gasteiger partial charge in [0.2, 0.25) is 5.91 Å². The lowest BCUT2D eigenvalue weighted by Gasteiger charge is -2.14. The number of benzene rings is 1. The quantitative estimate of drug-likeness (QED) is 0.688. The Hall–Kier alpha value is -3.16. The van der Waals surface area contributed by atoms with E-state index in [1.807, 2.05) is 6.92 Å². The van der Waals surface area contributed by atoms with Crippen molar-refractivity contribution < 1.29 is 13.6 Å². The number of rotatable bonds is 5. The third kappa shape index (κ3) is 3.26. The van der Waals surface area contributed by atoms with Crippen LogP contribution in [0.1, 0.15) is 39.2 Å². The summed E-state index contributed by atoms with van der Waals surface area (Å²) in [5.74, 6) is -0.388. The smallest absolute Gasteiger partial charge is 0.258 e. The molecule has 0 spiro atoms. The van der Waals surface area contributed by atoms with Crippen molar-refractivity contribution in [2.24, 2.45) is 0 Å². The molecule has 1 aliphatic heterocycles. The number of fused-ring (bicyclic) bond motifs is 2. The lowest BCUT2D eigenvalue weighted by molar-refractivity contribution is -0.119. The second-order valence-electron chi connectivity index (χ2n) is 8.11. The van der Waals surface area contributed by atoms with Gasteiger partial charge in [0.1, 0.15) is 17.8 Å². The maximum absolute atomic E-state index is 14.9. The van der Waals surface area contributed by atoms with Crippen LogP contribution < -0.4 is 10.9 Å². The molecule has 30 heavy (non-hydrogen) atoms. The van der Waals surface area contributed by atoms with Gasteiger partial charge in [-0.2, -0.15) is 0 Å². The maximum atomic E-state index is 14.9. The number of carbonyl (C=O) groups excluding carboxylic acids is 1. The van der Waals surface area contributed by atoms with Crippen LogP contribution in [0.5, 0.6) is 0 Å². The van der Waals surface area contributed by atoms with E-state index in [1.165, 1.54) is 23.0 Å². The summed E-state index contributed by atoms with van der Waals surface area (Å²) in [5, 5.41) is 3.37. The van der Waals surface area contributed by atoms with Crippen molar-refractivity contribution >= 4 is 22.5 Å². The summed E-state index contributed by atoms with van der Waals surface area (Å²) in [5.41, 5.74) is -0.433. The van der Waals surface area contributed by atoms with Gasteiger partial charge in [0, 0.05) is 18.0 Å². The van der Waals surface area contributed by atoms with Crippen LogP contribution in [0.4, 0.5) is 14.6 Å². The average molecular weight is 412 g/mol. The van der Waals surface area contributed by atoms with Gasteiger partial charge in [-0.1, -0.05) is 13.3 Å². The predicted molar refractivity (Wildman–Crippen MR) is 111 cm³/mol. The predicted octanol–water partition coefficient (Wildman–Crippen LogP) is 3.97. The van der Waals surface area contributed by atoms with Gasteiger partial charge in [-0.15, -0.1) is 0 Å². The van der Waals surface area contributed by atoms with Crippen molar-refractivity contribution in [3.05, 3.63) is 52.3 Å². The molecule has 0 radical (unpaired) electrons. The van der Waals surface area contributed by atoms with E-state index in [4.69, 9.17) is 0 Å². The Morgan fingerprint density at radius 2 is 2.03 bits per heavy atom. The molecule has 4 rings (SSSR count). The summed E-state index contributed by atoms with van der Waals surface area (Å²) in [6, 6.07) is 4.28. The molecule has 3 heterocycles. The molecule has 0 saturated heterocycles. The van der Waals surface area contributed by atoms with Crippen molar-refractivity contribution in [3.8, 4) is 11.4 Å². The van der Waals surface area contributed by atoms with E-state index in [1.54, 1.807) is 19.9 Å². The SMILES string of the molecule is CCCC(F)Cn1ccc2cc(-c3ncc4c(n3)NC(=O)C4(C)C)c(F)cc2c1=O. The molecule has 1 unspecified atom stereocenters. The van der Waals surface area contributed by atoms with Crippen LogP contribution in [0.25, 0.3) is 22.2 Å². The standard InChI is InChI=1S/C22H22F2N4O2/c1-4-5-13(23)11-28-7-6-12-8-15(17(24)9-14(12)20(28)29)18-25-10-16-19(26-18)27-21(30)22(16,2)3/h6-10,13H,4-5,11H2,1-3H3,(H,25,26,27,30). The number of amides is 1. The van der Waals surface area contributed by atoms with Gasteiger partial charge in [-0.25, -0.2) is 18.7 Å². The highest BCUT2D eigenvalue weighted by atomic mass is 19.1. The van der Waals surface area contributed by atoms with E-state index in [2.05, 4.69) is 15.3 Å². The zero-order valence-corrected chi connectivity index (χ0v) is 17.0. The summed E-state index contributed by atoms with van der Waals surface area (Å²) in [6.07, 6.45) is 2.95. The first-order chi connectivity index (χ1) is 14.2. The summed E-state index contributed by atoms with van der Waals surface area (Å²) < 4.78 is 30.1. The van der Waals surface area contributed by atoms with Crippen molar-refractivity contribution in [3.63, 3.8) is 0 Å². The molecular formula is C22H22F2N4O2. The number of halogens is 2. The second-order valence-corrected chi connectivity index (χ2v) is 8.11. The highest BCUT2D eigenvalue weighted by Crippen LogP contribution is 2.36. The number of carbonyl (C=O) groups is 1. The summed E-state index contributed by atoms with van der Waals surface area (Å²) in [4.78, 5) is 33.4. The monoisotopic (exact) mass is 412 g/mol. The molecule has 1 amide bonds. The van der Waals surface area contributed by atoms with E-state index >= 15 is 0 Å². The van der Waals surface area contributed by atoms with E-state index in [9.17, 15) is 18.4 Å². The van der Waals surface area contributed by atoms with Gasteiger partial charge in [0.05, 0.1) is 22.9 Å². The topological polar surface area (TPSA) is 76.9 Å². The van der Waals surface area contributed by atoms with Crippen molar-refractivity contribution in [2.75, 3.05) is 5.32 Å². The Kier molecular flexibility index (Phi) is 4.88. The number of nitrogens with one attached hydrogen (secondary N) is 1. The lowest BCUT2D eigenvalue weighted by Crippen LogP contribution is -2.26. The average Bonchev–Trinajstić information content (AvgIpc) is 2.92. The molecule has 0 bridgehead atoms. The second kappa shape index (κ2) is 7.27. The van der Waals surface area contributed by atoms with Crippen LogP contribution in [-0.4, -0.2) is 26.6 Å². The molecule has 0 aliphatic carbocycles. The lowest BCUT2D eigenvalue weighted by atomic mass is 9.88. The van der Waals surface area contributed by atoms with Gasteiger partial charge in [0.15, 0.2) is 5.82 Å². The molecular weight excluding hydrogens is 390 g/mol. The van der Waals surface area contributed by atoms with Crippen LogP contribution in [0, 0.1) is 5.82 Å². The summed E-state index contributed by atoms with van der Waals surface area (Å²) in [7, 11) is 0. The fourth-order valence-electron chi connectivity index (χ4n) is 3.69. The first-order valence-corrected chi connectivity index (χ1v) is 9.88. The normalized spacial score (nSPS) is 15.8. The minimum Gasteiger partial charge on any atom is -0.312 e. The van der Waals surface area contributed by atoms with Crippen LogP contribution in [0.15, 0.2) is 35.4 Å². The number of anilines is 1. The minimum atomic E-state index is -1.13. The molecule has 0 saturated carbocycles. The van der Waals surface area contributed by atoms with Gasteiger partial charge < -0.3 is 9.88 Å². The minimum absolute atomic E-state index is 0.0601. The summed E-state index contributed by atoms with van der Waals surface area (Å²) in [6.45, 7) is 5.35. The zero-order valence-electron chi connectivity index (χ0n) is 17.0. The molecule has 1 atom stereocenters. The largest absolute Gasteiger partial charge is 0.312 e. The third-order valence-electron chi connectivity index (χ3n) is 5.56. The molecule has 0 fully saturated rings. The first kappa shape index (κ1) is 20.1. The molecule has 2 aromatic heterocycles. The molecule has 1 aromatic carbocycles. The number of nitrogens with zero attached hydrogens (tertiary/aromatic N) is 3. The number of hydrogen-bond acceptors (Lipinski definition) is 4. The van der Waals surface area contributed by atoms with E-state index in [0.717, 1.165) is 6.07 Å². The van der Waals surface area contributed by atoms with E-state index < -0.39 is 23.0 Å². The Balaban J connectivity index is 1.76. The van der Waals surface area contributed by atoms with Crippen molar-refractivity contribution in [2.45, 2.75) is 51.7 Å². The fraction of sp³-hybridized carbons (Fsp3) is 0.364. The Morgan fingerprint density at radius 3 is 2.77 bits per heavy atom. The first-order valence-electron chi connectivity index (χ1n) is 9.88. The van der Waals surface area contributed by atoms with Gasteiger partial charge in [-0.05, 0) is 43.9 Å². The Morgan fingerprint density at radius 1 is 1.27 bits per heavy atom. The molecule has 8 heteroatoms. The number of pyridine rings is 1. The van der Waals surface area contributed by atoms with Gasteiger partial charge in [-0.3, -0.25) is 9.59 Å². The number of alkyl halides is 1. The molecule has 1 aliphatic rings. The molecule has 3 aromatic rings. The van der Waals surface area contributed by atoms with E-state index in [-0.39, 0.29) is 29.2 Å². The van der Waals surface area contributed by atoms with Crippen LogP contribution in [0.2, 0.25) is 0 Å². The van der Waals surface area contributed by atoms with Crippen molar-refractivity contribution in [1.82, 2.24) is 14.5 Å². The zero-order chi connectivity index (χ0) is 21.6. The molecule has 156 valence electrons. The maximum Gasteiger partial charge on any atom is 0.258 e. The fourth-order valence-corrected chi connectivity index (χ4v) is 3.69. The van der Waals surface area contributed by atoms with Crippen LogP contribution >= 0.6 is 0 Å². The molecule has 6 nitrogen and oxygen atoms in total.